The lowest BCUT2D eigenvalue weighted by Crippen LogP contribution is -2.22. The maximum atomic E-state index is 12.2. The summed E-state index contributed by atoms with van der Waals surface area (Å²) >= 11 is 1.34. The van der Waals surface area contributed by atoms with Gasteiger partial charge in [-0.3, -0.25) is 9.69 Å². The molecule has 0 unspecified atom stereocenters. The maximum absolute atomic E-state index is 12.2. The van der Waals surface area contributed by atoms with E-state index in [-0.39, 0.29) is 5.91 Å². The SMILES string of the molecule is CC(=O)N(c1ccccc1)c1nc(/C=C(/C#N)c2nc3ccccc3[nH]2)cs1. The number of rotatable bonds is 4. The lowest BCUT2D eigenvalue weighted by atomic mass is 10.2. The molecule has 1 amide bonds. The Kier molecular flexibility index (Phi) is 4.70. The number of nitrogens with one attached hydrogen (secondary N) is 1. The van der Waals surface area contributed by atoms with E-state index in [1.807, 2.05) is 60.0 Å². The molecule has 7 heteroatoms. The molecule has 28 heavy (non-hydrogen) atoms. The quantitative estimate of drug-likeness (QED) is 0.513. The Labute approximate surface area is 165 Å². The molecule has 0 aliphatic heterocycles. The molecule has 0 saturated heterocycles. The molecule has 0 aliphatic carbocycles. The van der Waals surface area contributed by atoms with Crippen LogP contribution in [-0.4, -0.2) is 20.9 Å². The molecule has 1 N–H and O–H groups in total. The normalized spacial score (nSPS) is 11.4. The number of benzene rings is 2. The fourth-order valence-electron chi connectivity index (χ4n) is 2.83. The van der Waals surface area contributed by atoms with Crippen LogP contribution in [0.3, 0.4) is 0 Å². The first-order valence-corrected chi connectivity index (χ1v) is 9.42. The van der Waals surface area contributed by atoms with Gasteiger partial charge in [-0.1, -0.05) is 30.3 Å². The second kappa shape index (κ2) is 7.47. The van der Waals surface area contributed by atoms with Gasteiger partial charge in [0, 0.05) is 12.3 Å². The van der Waals surface area contributed by atoms with Crippen LogP contribution in [0.25, 0.3) is 22.7 Å². The number of carbonyl (C=O) groups excluding carboxylic acids is 1. The molecule has 0 atom stereocenters. The van der Waals surface area contributed by atoms with Crippen LogP contribution in [0, 0.1) is 11.3 Å². The molecule has 4 aromatic rings. The van der Waals surface area contributed by atoms with Gasteiger partial charge in [0.1, 0.15) is 11.9 Å². The minimum atomic E-state index is -0.131. The molecule has 2 heterocycles. The van der Waals surface area contributed by atoms with E-state index in [2.05, 4.69) is 21.0 Å². The number of nitrogens with zero attached hydrogens (tertiary/aromatic N) is 4. The monoisotopic (exact) mass is 385 g/mol. The predicted octanol–water partition coefficient (Wildman–Crippen LogP) is 4.77. The number of anilines is 2. The van der Waals surface area contributed by atoms with Crippen LogP contribution in [0.1, 0.15) is 18.4 Å². The van der Waals surface area contributed by atoms with E-state index in [1.165, 1.54) is 18.3 Å². The van der Waals surface area contributed by atoms with E-state index in [4.69, 9.17) is 0 Å². The highest BCUT2D eigenvalue weighted by Crippen LogP contribution is 2.30. The Morgan fingerprint density at radius 1 is 1.14 bits per heavy atom. The number of aromatic nitrogens is 3. The van der Waals surface area contributed by atoms with Gasteiger partial charge in [0.25, 0.3) is 0 Å². The summed E-state index contributed by atoms with van der Waals surface area (Å²) in [7, 11) is 0. The third-order valence-corrected chi connectivity index (χ3v) is 4.93. The number of fused-ring (bicyclic) bond motifs is 1. The van der Waals surface area contributed by atoms with Crippen molar-refractivity contribution in [2.75, 3.05) is 4.90 Å². The van der Waals surface area contributed by atoms with Crippen LogP contribution in [0.15, 0.2) is 60.0 Å². The fourth-order valence-corrected chi connectivity index (χ4v) is 3.68. The maximum Gasteiger partial charge on any atom is 0.230 e. The number of imidazole rings is 1. The van der Waals surface area contributed by atoms with Crippen LogP contribution in [0.4, 0.5) is 10.8 Å². The van der Waals surface area contributed by atoms with Gasteiger partial charge in [0.15, 0.2) is 5.13 Å². The van der Waals surface area contributed by atoms with E-state index in [0.717, 1.165) is 16.7 Å². The van der Waals surface area contributed by atoms with Crippen molar-refractivity contribution < 1.29 is 4.79 Å². The topological polar surface area (TPSA) is 85.7 Å². The highest BCUT2D eigenvalue weighted by molar-refractivity contribution is 7.14. The molecule has 0 radical (unpaired) electrons. The van der Waals surface area contributed by atoms with Gasteiger partial charge < -0.3 is 4.98 Å². The molecule has 6 nitrogen and oxygen atoms in total. The summed E-state index contributed by atoms with van der Waals surface area (Å²) in [6.45, 7) is 1.50. The first kappa shape index (κ1) is 17.6. The van der Waals surface area contributed by atoms with Crippen molar-refractivity contribution in [3.05, 3.63) is 71.5 Å². The lowest BCUT2D eigenvalue weighted by molar-refractivity contribution is -0.115. The van der Waals surface area contributed by atoms with E-state index in [0.29, 0.717) is 22.2 Å². The Balaban J connectivity index is 1.69. The molecule has 0 fully saturated rings. The highest BCUT2D eigenvalue weighted by Gasteiger charge is 2.17. The first-order chi connectivity index (χ1) is 13.7. The molecule has 4 rings (SSSR count). The van der Waals surface area contributed by atoms with Crippen molar-refractivity contribution in [1.29, 1.82) is 5.26 Å². The Hall–Kier alpha value is -3.76. The Bertz CT molecular complexity index is 1180. The van der Waals surface area contributed by atoms with Gasteiger partial charge in [-0.05, 0) is 30.3 Å². The van der Waals surface area contributed by atoms with Gasteiger partial charge in [0.2, 0.25) is 5.91 Å². The number of hydrogen-bond acceptors (Lipinski definition) is 5. The van der Waals surface area contributed by atoms with Crippen LogP contribution in [0.2, 0.25) is 0 Å². The lowest BCUT2D eigenvalue weighted by Gasteiger charge is -2.17. The van der Waals surface area contributed by atoms with Crippen LogP contribution < -0.4 is 4.90 Å². The predicted molar refractivity (Wildman–Crippen MR) is 111 cm³/mol. The van der Waals surface area contributed by atoms with Gasteiger partial charge in [-0.25, -0.2) is 9.97 Å². The number of thiazole rings is 1. The number of allylic oxidation sites excluding steroid dienone is 1. The summed E-state index contributed by atoms with van der Waals surface area (Å²) in [6, 6.07) is 19.1. The van der Waals surface area contributed by atoms with Gasteiger partial charge in [-0.15, -0.1) is 11.3 Å². The second-order valence-corrected chi connectivity index (χ2v) is 6.85. The van der Waals surface area contributed by atoms with Crippen molar-refractivity contribution >= 4 is 50.7 Å². The van der Waals surface area contributed by atoms with Crippen molar-refractivity contribution in [2.24, 2.45) is 0 Å². The van der Waals surface area contributed by atoms with Crippen LogP contribution >= 0.6 is 11.3 Å². The van der Waals surface area contributed by atoms with Gasteiger partial charge >= 0.3 is 0 Å². The smallest absolute Gasteiger partial charge is 0.230 e. The van der Waals surface area contributed by atoms with Crippen molar-refractivity contribution in [1.82, 2.24) is 15.0 Å². The number of aromatic amines is 1. The van der Waals surface area contributed by atoms with E-state index in [9.17, 15) is 10.1 Å². The molecular weight excluding hydrogens is 370 g/mol. The largest absolute Gasteiger partial charge is 0.337 e. The number of carbonyl (C=O) groups is 1. The summed E-state index contributed by atoms with van der Waals surface area (Å²) in [4.78, 5) is 25.9. The van der Waals surface area contributed by atoms with Crippen molar-refractivity contribution in [2.45, 2.75) is 6.92 Å². The zero-order valence-corrected chi connectivity index (χ0v) is 15.8. The number of para-hydroxylation sites is 3. The molecule has 0 spiro atoms. The first-order valence-electron chi connectivity index (χ1n) is 8.54. The second-order valence-electron chi connectivity index (χ2n) is 6.02. The molecule has 0 saturated carbocycles. The average Bonchev–Trinajstić information content (AvgIpc) is 3.33. The molecule has 2 aromatic heterocycles. The Morgan fingerprint density at radius 2 is 1.89 bits per heavy atom. The summed E-state index contributed by atoms with van der Waals surface area (Å²) in [5, 5.41) is 11.9. The summed E-state index contributed by atoms with van der Waals surface area (Å²) < 4.78 is 0. The average molecular weight is 385 g/mol. The third kappa shape index (κ3) is 3.41. The number of H-pyrrole nitrogens is 1. The zero-order valence-electron chi connectivity index (χ0n) is 15.0. The number of amides is 1. The zero-order chi connectivity index (χ0) is 19.5. The van der Waals surface area contributed by atoms with Crippen LogP contribution in [0.5, 0.6) is 0 Å². The Morgan fingerprint density at radius 3 is 2.61 bits per heavy atom. The summed E-state index contributed by atoms with van der Waals surface area (Å²) in [5.41, 5.74) is 3.38. The standard InChI is InChI=1S/C21H15N5OS/c1-14(27)26(17-7-3-2-4-8-17)21-23-16(13-28-21)11-15(12-22)20-24-18-9-5-6-10-19(18)25-20/h2-11,13H,1H3,(H,24,25)/b15-11-. The van der Waals surface area contributed by atoms with Gasteiger partial charge in [0.05, 0.1) is 28.0 Å². The van der Waals surface area contributed by atoms with E-state index in [1.54, 1.807) is 11.0 Å². The molecule has 136 valence electrons. The van der Waals surface area contributed by atoms with E-state index < -0.39 is 0 Å². The summed E-state index contributed by atoms with van der Waals surface area (Å²) in [5.74, 6) is 0.360. The van der Waals surface area contributed by atoms with E-state index >= 15 is 0 Å². The summed E-state index contributed by atoms with van der Waals surface area (Å²) in [6.07, 6.45) is 1.67. The molecule has 0 bridgehead atoms. The van der Waals surface area contributed by atoms with Gasteiger partial charge in [-0.2, -0.15) is 5.26 Å². The number of nitriles is 1. The molecule has 2 aromatic carbocycles. The highest BCUT2D eigenvalue weighted by atomic mass is 32.1. The minimum absolute atomic E-state index is 0.131. The van der Waals surface area contributed by atoms with Crippen LogP contribution in [-0.2, 0) is 4.79 Å². The fraction of sp³-hybridized carbons (Fsp3) is 0.0476. The molecular formula is C21H15N5OS. The van der Waals surface area contributed by atoms with Crippen molar-refractivity contribution in [3.63, 3.8) is 0 Å². The van der Waals surface area contributed by atoms with Crippen molar-refractivity contribution in [3.8, 4) is 6.07 Å². The minimum Gasteiger partial charge on any atom is -0.337 e. The third-order valence-electron chi connectivity index (χ3n) is 4.09. The number of hydrogen-bond donors (Lipinski definition) is 1. The molecule has 0 aliphatic rings.